The molecule has 0 aromatic carbocycles. The number of phosphoric acid groups is 1. The van der Waals surface area contributed by atoms with E-state index in [4.69, 9.17) is 14.0 Å². The minimum Gasteiger partial charge on any atom is -0.457 e. The standard InChI is InChI=1S/C50H98NO11P/c1-4-7-10-13-16-18-19-20-21-22-23-24-26-28-31-34-37-42(36-33-30-27-15-12-9-6-3)39-46(55)61-49-47(50(56)60-44(41-52)48(49)62-63(57,58)59)51-45(54)40-43(53)38-35-32-29-25-17-14-11-8-5-2/h42-44,47-50,52-53,56H,4-41H2,1-3H3,(H,51,54)(H2,57,58,59)/t42-,43+,44+,47-,48+,49+,50-/m0/s1. The first kappa shape index (κ1) is 59.9. The van der Waals surface area contributed by atoms with Crippen molar-refractivity contribution >= 4 is 19.7 Å². The second kappa shape index (κ2) is 40.0. The van der Waals surface area contributed by atoms with Crippen LogP contribution in [0.1, 0.15) is 258 Å². The number of ether oxygens (including phenoxy) is 2. The van der Waals surface area contributed by atoms with Crippen LogP contribution in [0.5, 0.6) is 0 Å². The second-order valence-electron chi connectivity index (χ2n) is 18.9. The number of nitrogens with one attached hydrogen (secondary N) is 1. The van der Waals surface area contributed by atoms with Crippen molar-refractivity contribution in [3.8, 4) is 0 Å². The molecule has 1 aliphatic heterocycles. The number of carbonyl (C=O) groups excluding carboxylic acids is 2. The zero-order chi connectivity index (χ0) is 46.4. The van der Waals surface area contributed by atoms with E-state index in [0.29, 0.717) is 6.42 Å². The maximum atomic E-state index is 13.8. The quantitative estimate of drug-likeness (QED) is 0.0194. The molecule has 1 saturated heterocycles. The molecular formula is C50H98NO11P. The molecule has 0 spiro atoms. The Balaban J connectivity index is 2.80. The fourth-order valence-electron chi connectivity index (χ4n) is 9.05. The third kappa shape index (κ3) is 33.1. The van der Waals surface area contributed by atoms with Crippen LogP contribution in [0.15, 0.2) is 0 Å². The topological polar surface area (TPSA) is 192 Å². The minimum atomic E-state index is -5.21. The average Bonchev–Trinajstić information content (AvgIpc) is 3.24. The number of esters is 1. The molecule has 1 rings (SSSR count). The van der Waals surface area contributed by atoms with Crippen LogP contribution >= 0.6 is 7.82 Å². The lowest BCUT2D eigenvalue weighted by Crippen LogP contribution is -2.65. The number of phosphoric ester groups is 1. The zero-order valence-corrected chi connectivity index (χ0v) is 41.4. The summed E-state index contributed by atoms with van der Waals surface area (Å²) in [4.78, 5) is 46.6. The highest BCUT2D eigenvalue weighted by atomic mass is 31.2. The van der Waals surface area contributed by atoms with Crippen LogP contribution in [0.25, 0.3) is 0 Å². The molecule has 0 aromatic heterocycles. The average molecular weight is 920 g/mol. The fraction of sp³-hybridized carbons (Fsp3) is 0.960. The van der Waals surface area contributed by atoms with E-state index in [2.05, 4.69) is 26.1 Å². The maximum Gasteiger partial charge on any atom is 0.470 e. The van der Waals surface area contributed by atoms with Gasteiger partial charge in [-0.25, -0.2) is 4.57 Å². The smallest absolute Gasteiger partial charge is 0.457 e. The molecule has 1 fully saturated rings. The predicted octanol–water partition coefficient (Wildman–Crippen LogP) is 12.0. The van der Waals surface area contributed by atoms with Gasteiger partial charge in [-0.15, -0.1) is 0 Å². The van der Waals surface area contributed by atoms with Crippen LogP contribution in [0.2, 0.25) is 0 Å². The third-order valence-corrected chi connectivity index (χ3v) is 13.4. The van der Waals surface area contributed by atoms with Crippen LogP contribution in [0.3, 0.4) is 0 Å². The van der Waals surface area contributed by atoms with Crippen molar-refractivity contribution in [2.45, 2.75) is 295 Å². The highest BCUT2D eigenvalue weighted by Gasteiger charge is 2.51. The molecule has 0 radical (unpaired) electrons. The van der Waals surface area contributed by atoms with Crippen LogP contribution in [0, 0.1) is 5.92 Å². The normalized spacial score (nSPS) is 20.2. The SMILES string of the molecule is CCCCCCCCCCCCCCCCCC[C@H](CCCCCCCCC)CC(=O)O[C@@H]1[C@H](NC(=O)C[C@H](O)CCCCCCCCCCC)[C@@H](O)O[C@H](CO)[C@H]1OP(=O)(O)O. The summed E-state index contributed by atoms with van der Waals surface area (Å²) in [7, 11) is -5.21. The number of carbonyl (C=O) groups is 2. The van der Waals surface area contributed by atoms with E-state index in [-0.39, 0.29) is 18.8 Å². The van der Waals surface area contributed by atoms with Crippen molar-refractivity contribution in [3.63, 3.8) is 0 Å². The molecule has 0 aliphatic carbocycles. The maximum absolute atomic E-state index is 13.8. The van der Waals surface area contributed by atoms with Gasteiger partial charge in [0.2, 0.25) is 5.91 Å². The van der Waals surface area contributed by atoms with E-state index < -0.39 is 63.1 Å². The van der Waals surface area contributed by atoms with Crippen LogP contribution in [-0.4, -0.2) is 80.3 Å². The minimum absolute atomic E-state index is 0.0311. The van der Waals surface area contributed by atoms with Crippen LogP contribution in [0.4, 0.5) is 0 Å². The molecule has 12 nitrogen and oxygen atoms in total. The van der Waals surface area contributed by atoms with Crippen molar-refractivity contribution in [2.24, 2.45) is 5.92 Å². The summed E-state index contributed by atoms with van der Waals surface area (Å²) in [5, 5.41) is 34.3. The van der Waals surface area contributed by atoms with Gasteiger partial charge < -0.3 is 39.9 Å². The van der Waals surface area contributed by atoms with Gasteiger partial charge in [0.1, 0.15) is 18.2 Å². The summed E-state index contributed by atoms with van der Waals surface area (Å²) in [6, 6.07) is -1.47. The molecule has 0 bridgehead atoms. The lowest BCUT2D eigenvalue weighted by atomic mass is 9.91. The Morgan fingerprint density at radius 1 is 0.571 bits per heavy atom. The number of aliphatic hydroxyl groups excluding tert-OH is 3. The summed E-state index contributed by atoms with van der Waals surface area (Å²) in [6.07, 6.45) is 33.1. The van der Waals surface area contributed by atoms with Gasteiger partial charge in [-0.1, -0.05) is 226 Å². The first-order valence-corrected chi connectivity index (χ1v) is 27.8. The summed E-state index contributed by atoms with van der Waals surface area (Å²) < 4.78 is 28.5. The number of unbranched alkanes of at least 4 members (excludes halogenated alkanes) is 29. The number of aliphatic hydroxyl groups is 3. The Kier molecular flexibility index (Phi) is 38.0. The van der Waals surface area contributed by atoms with Gasteiger partial charge in [0, 0.05) is 6.42 Å². The Bertz CT molecular complexity index is 1130. The van der Waals surface area contributed by atoms with Gasteiger partial charge in [-0.05, 0) is 25.2 Å². The lowest BCUT2D eigenvalue weighted by Gasteiger charge is -2.43. The Morgan fingerprint density at radius 3 is 1.30 bits per heavy atom. The zero-order valence-electron chi connectivity index (χ0n) is 40.5. The molecule has 0 saturated carbocycles. The Labute approximate surface area is 384 Å². The predicted molar refractivity (Wildman–Crippen MR) is 254 cm³/mol. The monoisotopic (exact) mass is 920 g/mol. The van der Waals surface area contributed by atoms with Gasteiger partial charge >= 0.3 is 13.8 Å². The first-order chi connectivity index (χ1) is 30.4. The molecule has 1 aliphatic rings. The molecule has 1 heterocycles. The fourth-order valence-corrected chi connectivity index (χ4v) is 9.63. The van der Waals surface area contributed by atoms with Gasteiger partial charge in [-0.2, -0.15) is 0 Å². The van der Waals surface area contributed by atoms with Crippen molar-refractivity contribution in [1.29, 1.82) is 0 Å². The Hall–Kier alpha value is -1.11. The van der Waals surface area contributed by atoms with E-state index in [0.717, 1.165) is 77.0 Å². The Morgan fingerprint density at radius 2 is 0.937 bits per heavy atom. The van der Waals surface area contributed by atoms with Crippen molar-refractivity contribution < 1.29 is 53.3 Å². The number of hydrogen-bond acceptors (Lipinski definition) is 9. The molecule has 0 aromatic rings. The molecule has 7 atom stereocenters. The van der Waals surface area contributed by atoms with Crippen LogP contribution in [-0.2, 0) is 28.2 Å². The van der Waals surface area contributed by atoms with Crippen molar-refractivity contribution in [3.05, 3.63) is 0 Å². The molecule has 6 N–H and O–H groups in total. The summed E-state index contributed by atoms with van der Waals surface area (Å²) in [5.41, 5.74) is 0. The number of amides is 1. The van der Waals surface area contributed by atoms with E-state index in [9.17, 15) is 39.3 Å². The van der Waals surface area contributed by atoms with Gasteiger partial charge in [-0.3, -0.25) is 14.1 Å². The largest absolute Gasteiger partial charge is 0.470 e. The summed E-state index contributed by atoms with van der Waals surface area (Å²) in [5.74, 6) is -1.26. The highest BCUT2D eigenvalue weighted by molar-refractivity contribution is 7.46. The molecule has 1 amide bonds. The molecule has 13 heteroatoms. The third-order valence-electron chi connectivity index (χ3n) is 12.9. The number of rotatable bonds is 44. The van der Waals surface area contributed by atoms with Crippen molar-refractivity contribution in [1.82, 2.24) is 5.32 Å². The van der Waals surface area contributed by atoms with E-state index >= 15 is 0 Å². The van der Waals surface area contributed by atoms with Gasteiger partial charge in [0.05, 0.1) is 19.1 Å². The number of hydrogen-bond donors (Lipinski definition) is 6. The molecule has 63 heavy (non-hydrogen) atoms. The molecular weight excluding hydrogens is 822 g/mol. The summed E-state index contributed by atoms with van der Waals surface area (Å²) >= 11 is 0. The van der Waals surface area contributed by atoms with Crippen LogP contribution < -0.4 is 5.32 Å². The van der Waals surface area contributed by atoms with Gasteiger partial charge in [0.25, 0.3) is 0 Å². The van der Waals surface area contributed by atoms with E-state index in [1.807, 2.05) is 0 Å². The molecule has 374 valence electrons. The summed E-state index contributed by atoms with van der Waals surface area (Å²) in [6.45, 7) is 5.87. The van der Waals surface area contributed by atoms with Crippen molar-refractivity contribution in [2.75, 3.05) is 6.61 Å². The first-order valence-electron chi connectivity index (χ1n) is 26.3. The van der Waals surface area contributed by atoms with E-state index in [1.54, 1.807) is 0 Å². The lowest BCUT2D eigenvalue weighted by molar-refractivity contribution is -0.256. The second-order valence-corrected chi connectivity index (χ2v) is 20.1. The van der Waals surface area contributed by atoms with E-state index in [1.165, 1.54) is 141 Å². The highest BCUT2D eigenvalue weighted by Crippen LogP contribution is 2.42. The molecule has 0 unspecified atom stereocenters. The van der Waals surface area contributed by atoms with Gasteiger partial charge in [0.15, 0.2) is 12.4 Å².